The maximum absolute atomic E-state index is 3.14. The molecule has 4 saturated carbocycles. The highest BCUT2D eigenvalue weighted by atomic mass is 28.3. The molecule has 0 amide bonds. The molecule has 176 valence electrons. The standard InChI is InChI=1S/C30H47NSi/c1-21-17-18-27-26(19-21)28-29(31(27)20-22-11-5-4-6-12-22)24-15-9-10-16-25(24)30(28)32(2,3)23-13-7-8-14-23/h4-6,11-12,21,23-30H,7-10,13-20H2,1-3H3. The Balaban J connectivity index is 1.40. The van der Waals surface area contributed by atoms with Gasteiger partial charge in [-0.3, -0.25) is 4.90 Å². The average molecular weight is 450 g/mol. The van der Waals surface area contributed by atoms with Crippen LogP contribution in [0.3, 0.4) is 0 Å². The van der Waals surface area contributed by atoms with Crippen LogP contribution in [0.25, 0.3) is 0 Å². The zero-order chi connectivity index (χ0) is 21.9. The normalized spacial score (nSPS) is 42.6. The fraction of sp³-hybridized carbons (Fsp3) is 0.800. The summed E-state index contributed by atoms with van der Waals surface area (Å²) in [6.45, 7) is 9.55. The van der Waals surface area contributed by atoms with E-state index in [2.05, 4.69) is 55.2 Å². The van der Waals surface area contributed by atoms with E-state index in [1.54, 1.807) is 24.8 Å². The van der Waals surface area contributed by atoms with Crippen molar-refractivity contribution in [3.05, 3.63) is 35.9 Å². The molecular weight excluding hydrogens is 402 g/mol. The predicted molar refractivity (Wildman–Crippen MR) is 138 cm³/mol. The Hall–Kier alpha value is -0.603. The van der Waals surface area contributed by atoms with Gasteiger partial charge in [-0.15, -0.1) is 0 Å². The van der Waals surface area contributed by atoms with Crippen LogP contribution in [0.15, 0.2) is 30.3 Å². The predicted octanol–water partition coefficient (Wildman–Crippen LogP) is 8.13. The van der Waals surface area contributed by atoms with Crippen LogP contribution >= 0.6 is 0 Å². The Bertz CT molecular complexity index is 783. The number of rotatable bonds is 4. The highest BCUT2D eigenvalue weighted by Crippen LogP contribution is 2.67. The van der Waals surface area contributed by atoms with Crippen molar-refractivity contribution in [2.24, 2.45) is 29.6 Å². The summed E-state index contributed by atoms with van der Waals surface area (Å²) in [4.78, 5) is 3.14. The van der Waals surface area contributed by atoms with E-state index in [0.29, 0.717) is 0 Å². The third kappa shape index (κ3) is 3.49. The lowest BCUT2D eigenvalue weighted by Crippen LogP contribution is -2.46. The van der Waals surface area contributed by atoms with Crippen molar-refractivity contribution < 1.29 is 0 Å². The molecule has 5 fully saturated rings. The molecule has 1 saturated heterocycles. The Kier molecular flexibility index (Phi) is 5.86. The number of fused-ring (bicyclic) bond motifs is 5. The molecule has 0 radical (unpaired) electrons. The van der Waals surface area contributed by atoms with Gasteiger partial charge in [0.2, 0.25) is 0 Å². The molecule has 4 aliphatic carbocycles. The Morgan fingerprint density at radius 3 is 2.25 bits per heavy atom. The van der Waals surface area contributed by atoms with Gasteiger partial charge < -0.3 is 0 Å². The quantitative estimate of drug-likeness (QED) is 0.419. The first-order valence-corrected chi connectivity index (χ1v) is 17.5. The summed E-state index contributed by atoms with van der Waals surface area (Å²) >= 11 is 0. The largest absolute Gasteiger partial charge is 0.292 e. The lowest BCUT2D eigenvalue weighted by atomic mass is 9.73. The highest BCUT2D eigenvalue weighted by Gasteiger charge is 2.65. The third-order valence-electron chi connectivity index (χ3n) is 11.5. The summed E-state index contributed by atoms with van der Waals surface area (Å²) in [5, 5.41) is 0. The van der Waals surface area contributed by atoms with Crippen molar-refractivity contribution >= 4 is 8.07 Å². The van der Waals surface area contributed by atoms with Crippen molar-refractivity contribution in [1.82, 2.24) is 4.90 Å². The van der Waals surface area contributed by atoms with Gasteiger partial charge in [-0.1, -0.05) is 95.3 Å². The molecule has 1 heterocycles. The fourth-order valence-corrected chi connectivity index (χ4v) is 15.7. The molecule has 32 heavy (non-hydrogen) atoms. The Morgan fingerprint density at radius 2 is 1.50 bits per heavy atom. The van der Waals surface area contributed by atoms with Crippen LogP contribution in [-0.4, -0.2) is 25.1 Å². The first-order chi connectivity index (χ1) is 15.6. The van der Waals surface area contributed by atoms with Crippen LogP contribution in [-0.2, 0) is 6.54 Å². The molecule has 0 aromatic heterocycles. The molecule has 6 rings (SSSR count). The Morgan fingerprint density at radius 1 is 0.812 bits per heavy atom. The maximum atomic E-state index is 3.14. The van der Waals surface area contributed by atoms with E-state index in [-0.39, 0.29) is 0 Å². The van der Waals surface area contributed by atoms with Crippen LogP contribution in [0.4, 0.5) is 0 Å². The molecule has 1 aliphatic heterocycles. The van der Waals surface area contributed by atoms with Gasteiger partial charge in [0.05, 0.1) is 8.07 Å². The van der Waals surface area contributed by atoms with E-state index >= 15 is 0 Å². The molecule has 0 N–H and O–H groups in total. The van der Waals surface area contributed by atoms with Crippen LogP contribution in [0.1, 0.15) is 83.1 Å². The summed E-state index contributed by atoms with van der Waals surface area (Å²) < 4.78 is 0. The topological polar surface area (TPSA) is 3.24 Å². The summed E-state index contributed by atoms with van der Waals surface area (Å²) in [7, 11) is -1.28. The van der Waals surface area contributed by atoms with E-state index in [4.69, 9.17) is 0 Å². The van der Waals surface area contributed by atoms with E-state index < -0.39 is 8.07 Å². The number of benzene rings is 1. The molecule has 5 aliphatic rings. The van der Waals surface area contributed by atoms with Crippen molar-refractivity contribution in [2.75, 3.05) is 0 Å². The maximum Gasteiger partial charge on any atom is 0.0542 e. The molecule has 0 spiro atoms. The second kappa shape index (κ2) is 8.56. The van der Waals surface area contributed by atoms with Crippen LogP contribution < -0.4 is 0 Å². The van der Waals surface area contributed by atoms with Gasteiger partial charge in [-0.05, 0) is 71.9 Å². The zero-order valence-electron chi connectivity index (χ0n) is 21.0. The third-order valence-corrected chi connectivity index (χ3v) is 16.7. The van der Waals surface area contributed by atoms with Crippen molar-refractivity contribution in [3.8, 4) is 0 Å². The van der Waals surface area contributed by atoms with Crippen molar-refractivity contribution in [2.45, 2.75) is 120 Å². The molecule has 0 bridgehead atoms. The highest BCUT2D eigenvalue weighted by molar-refractivity contribution is 6.80. The van der Waals surface area contributed by atoms with Crippen molar-refractivity contribution in [1.29, 1.82) is 0 Å². The lowest BCUT2D eigenvalue weighted by molar-refractivity contribution is 0.0799. The van der Waals surface area contributed by atoms with Gasteiger partial charge in [0.25, 0.3) is 0 Å². The van der Waals surface area contributed by atoms with Gasteiger partial charge >= 0.3 is 0 Å². The summed E-state index contributed by atoms with van der Waals surface area (Å²) in [5.41, 5.74) is 3.80. The molecule has 1 aromatic rings. The molecule has 2 heteroatoms. The second-order valence-corrected chi connectivity index (χ2v) is 18.4. The van der Waals surface area contributed by atoms with Gasteiger partial charge in [0.15, 0.2) is 0 Å². The first-order valence-electron chi connectivity index (χ1n) is 14.4. The monoisotopic (exact) mass is 449 g/mol. The molecule has 8 unspecified atom stereocenters. The number of hydrogen-bond acceptors (Lipinski definition) is 1. The van der Waals surface area contributed by atoms with Gasteiger partial charge in [-0.2, -0.15) is 0 Å². The minimum atomic E-state index is -1.28. The summed E-state index contributed by atoms with van der Waals surface area (Å²) in [5.74, 6) is 5.06. The Labute approximate surface area is 198 Å². The summed E-state index contributed by atoms with van der Waals surface area (Å²) in [6, 6.07) is 13.3. The number of likely N-dealkylation sites (tertiary alicyclic amines) is 1. The first kappa shape index (κ1) is 21.9. The van der Waals surface area contributed by atoms with Crippen LogP contribution in [0.2, 0.25) is 24.2 Å². The number of hydrogen-bond donors (Lipinski definition) is 0. The molecule has 1 aromatic carbocycles. The fourth-order valence-electron chi connectivity index (χ4n) is 10.3. The minimum Gasteiger partial charge on any atom is -0.292 e. The van der Waals surface area contributed by atoms with Crippen molar-refractivity contribution in [3.63, 3.8) is 0 Å². The van der Waals surface area contributed by atoms with E-state index in [1.807, 2.05) is 0 Å². The van der Waals surface area contributed by atoms with Crippen LogP contribution in [0.5, 0.6) is 0 Å². The van der Waals surface area contributed by atoms with Gasteiger partial charge in [0, 0.05) is 18.6 Å². The molecule has 8 atom stereocenters. The van der Waals surface area contributed by atoms with E-state index in [0.717, 1.165) is 52.8 Å². The van der Waals surface area contributed by atoms with Gasteiger partial charge in [-0.25, -0.2) is 0 Å². The zero-order valence-corrected chi connectivity index (χ0v) is 22.0. The number of nitrogens with zero attached hydrogens (tertiary/aromatic N) is 1. The lowest BCUT2D eigenvalue weighted by Gasteiger charge is -2.47. The smallest absolute Gasteiger partial charge is 0.0542 e. The molecular formula is C30H47NSi. The SMILES string of the molecule is CC1CCC2C(C1)C1C(C3CCCCC3C1[Si](C)(C)C1CCCC1)N2Cc1ccccc1. The van der Waals surface area contributed by atoms with E-state index in [1.165, 1.54) is 57.9 Å². The van der Waals surface area contributed by atoms with E-state index in [9.17, 15) is 0 Å². The average Bonchev–Trinajstić information content (AvgIpc) is 3.51. The van der Waals surface area contributed by atoms with Gasteiger partial charge in [0.1, 0.15) is 0 Å². The molecule has 1 nitrogen and oxygen atoms in total. The summed E-state index contributed by atoms with van der Waals surface area (Å²) in [6.07, 6.45) is 16.8. The van der Waals surface area contributed by atoms with Crippen LogP contribution in [0, 0.1) is 29.6 Å². The second-order valence-electron chi connectivity index (χ2n) is 13.3. The minimum absolute atomic E-state index is 0.875.